The Morgan fingerprint density at radius 2 is 1.87 bits per heavy atom. The van der Waals surface area contributed by atoms with Crippen LogP contribution in [0.3, 0.4) is 0 Å². The number of hydrogen-bond donors (Lipinski definition) is 2. The number of nitrogens with one attached hydrogen (secondary N) is 2. The smallest absolute Gasteiger partial charge is 0.303 e. The molecule has 0 saturated carbocycles. The highest BCUT2D eigenvalue weighted by Crippen LogP contribution is 2.17. The highest BCUT2D eigenvalue weighted by molar-refractivity contribution is 6.33. The van der Waals surface area contributed by atoms with Crippen LogP contribution in [-0.2, 0) is 20.0 Å². The number of nitrogens with zero attached hydrogens (tertiary/aromatic N) is 4. The van der Waals surface area contributed by atoms with Crippen LogP contribution in [0.1, 0.15) is 11.1 Å². The van der Waals surface area contributed by atoms with Gasteiger partial charge in [-0.25, -0.2) is 10.2 Å². The Kier molecular flexibility index (Phi) is 5.49. The molecule has 0 aliphatic carbocycles. The number of rotatable bonds is 6. The Hall–Kier alpha value is -3.65. The summed E-state index contributed by atoms with van der Waals surface area (Å²) in [6.07, 6.45) is 2.25. The van der Waals surface area contributed by atoms with E-state index in [2.05, 4.69) is 20.5 Å². The van der Waals surface area contributed by atoms with E-state index in [1.165, 1.54) is 4.57 Å². The fraction of sp³-hybridized carbons (Fsp3) is 0.143. The van der Waals surface area contributed by atoms with Crippen molar-refractivity contribution in [2.75, 3.05) is 5.43 Å². The highest BCUT2D eigenvalue weighted by atomic mass is 35.5. The molecular weight excluding hydrogens is 404 g/mol. The zero-order chi connectivity index (χ0) is 21.1. The molecule has 2 aromatic heterocycles. The van der Waals surface area contributed by atoms with Gasteiger partial charge in [-0.1, -0.05) is 60.1 Å². The Morgan fingerprint density at radius 1 is 1.13 bits per heavy atom. The van der Waals surface area contributed by atoms with E-state index in [0.717, 1.165) is 11.1 Å². The lowest BCUT2D eigenvalue weighted by Crippen LogP contribution is -2.29. The molecule has 2 N–H and O–H groups in total. The van der Waals surface area contributed by atoms with E-state index in [1.807, 2.05) is 48.5 Å². The second kappa shape index (κ2) is 8.38. The van der Waals surface area contributed by atoms with Gasteiger partial charge in [0, 0.05) is 24.2 Å². The number of benzene rings is 2. The second-order valence-corrected chi connectivity index (χ2v) is 7.11. The fourth-order valence-electron chi connectivity index (χ4n) is 3.16. The average Bonchev–Trinajstić information content (AvgIpc) is 3.12. The maximum atomic E-state index is 12.5. The van der Waals surface area contributed by atoms with Crippen molar-refractivity contribution in [3.63, 3.8) is 0 Å². The molecule has 0 radical (unpaired) electrons. The molecule has 0 unspecified atom stereocenters. The minimum absolute atomic E-state index is 0.284. The SMILES string of the molecule is Cn1c(=O)[nH]c(=O)c2c1nc(NN=Cc1ccccc1Cl)n2CCc1ccccc1. The number of aromatic nitrogens is 4. The Bertz CT molecular complexity index is 1340. The van der Waals surface area contributed by atoms with Crippen molar-refractivity contribution in [3.8, 4) is 0 Å². The molecule has 30 heavy (non-hydrogen) atoms. The molecule has 0 fully saturated rings. The lowest BCUT2D eigenvalue weighted by atomic mass is 10.1. The maximum Gasteiger partial charge on any atom is 0.329 e. The lowest BCUT2D eigenvalue weighted by Gasteiger charge is -2.08. The molecule has 0 amide bonds. The quantitative estimate of drug-likeness (QED) is 0.369. The van der Waals surface area contributed by atoms with Crippen LogP contribution in [0.4, 0.5) is 5.95 Å². The maximum absolute atomic E-state index is 12.5. The standard InChI is InChI=1S/C21H19ClN6O2/c1-27-18-17(19(29)25-21(27)30)28(12-11-14-7-3-2-4-8-14)20(24-18)26-23-13-15-9-5-6-10-16(15)22/h2-10,13H,11-12H2,1H3,(H,24,26)(H,25,29,30). The van der Waals surface area contributed by atoms with Gasteiger partial charge in [0.15, 0.2) is 11.2 Å². The Balaban J connectivity index is 1.72. The van der Waals surface area contributed by atoms with Crippen molar-refractivity contribution in [2.24, 2.45) is 12.1 Å². The number of aryl methyl sites for hydroxylation is 3. The van der Waals surface area contributed by atoms with E-state index in [1.54, 1.807) is 23.9 Å². The minimum atomic E-state index is -0.522. The van der Waals surface area contributed by atoms with Gasteiger partial charge in [0.1, 0.15) is 0 Å². The second-order valence-electron chi connectivity index (χ2n) is 6.70. The first-order chi connectivity index (χ1) is 14.5. The molecule has 4 rings (SSSR count). The number of hydrogen-bond acceptors (Lipinski definition) is 5. The number of imidazole rings is 1. The fourth-order valence-corrected chi connectivity index (χ4v) is 3.35. The molecule has 0 aliphatic rings. The van der Waals surface area contributed by atoms with Crippen molar-refractivity contribution < 1.29 is 0 Å². The molecule has 9 heteroatoms. The van der Waals surface area contributed by atoms with Gasteiger partial charge in [-0.2, -0.15) is 10.1 Å². The number of hydrazone groups is 1. The zero-order valence-electron chi connectivity index (χ0n) is 16.2. The topological polar surface area (TPSA) is 97.1 Å². The van der Waals surface area contributed by atoms with Gasteiger partial charge in [-0.3, -0.25) is 14.3 Å². The van der Waals surface area contributed by atoms with Gasteiger partial charge >= 0.3 is 5.69 Å². The van der Waals surface area contributed by atoms with Crippen molar-refractivity contribution in [1.82, 2.24) is 19.1 Å². The molecule has 0 saturated heterocycles. The van der Waals surface area contributed by atoms with E-state index >= 15 is 0 Å². The molecule has 2 aromatic carbocycles. The Labute approximate surface area is 176 Å². The van der Waals surface area contributed by atoms with Crippen LogP contribution in [0.25, 0.3) is 11.2 Å². The molecule has 0 atom stereocenters. The summed E-state index contributed by atoms with van der Waals surface area (Å²) in [5.41, 5.74) is 4.32. The number of fused-ring (bicyclic) bond motifs is 1. The summed E-state index contributed by atoms with van der Waals surface area (Å²) >= 11 is 6.15. The van der Waals surface area contributed by atoms with Crippen LogP contribution in [-0.4, -0.2) is 25.3 Å². The first kappa shape index (κ1) is 19.7. The number of aromatic amines is 1. The van der Waals surface area contributed by atoms with E-state index in [-0.39, 0.29) is 5.65 Å². The molecule has 0 spiro atoms. The first-order valence-corrected chi connectivity index (χ1v) is 9.69. The lowest BCUT2D eigenvalue weighted by molar-refractivity contribution is 0.716. The van der Waals surface area contributed by atoms with Crippen molar-refractivity contribution in [2.45, 2.75) is 13.0 Å². The number of H-pyrrole nitrogens is 1. The summed E-state index contributed by atoms with van der Waals surface area (Å²) < 4.78 is 3.03. The summed E-state index contributed by atoms with van der Waals surface area (Å²) in [6, 6.07) is 17.2. The molecule has 0 bridgehead atoms. The molecule has 152 valence electrons. The van der Waals surface area contributed by atoms with Crippen LogP contribution in [0.2, 0.25) is 5.02 Å². The van der Waals surface area contributed by atoms with Gasteiger partial charge in [0.05, 0.1) is 6.21 Å². The summed E-state index contributed by atoms with van der Waals surface area (Å²) in [7, 11) is 1.56. The van der Waals surface area contributed by atoms with Crippen molar-refractivity contribution in [1.29, 1.82) is 0 Å². The predicted octanol–water partition coefficient (Wildman–Crippen LogP) is 2.77. The number of anilines is 1. The third-order valence-electron chi connectivity index (χ3n) is 4.75. The average molecular weight is 423 g/mol. The minimum Gasteiger partial charge on any atom is -0.303 e. The van der Waals surface area contributed by atoms with Crippen LogP contribution in [0.5, 0.6) is 0 Å². The monoisotopic (exact) mass is 422 g/mol. The van der Waals surface area contributed by atoms with E-state index in [4.69, 9.17) is 11.6 Å². The van der Waals surface area contributed by atoms with Gasteiger partial charge in [-0.05, 0) is 18.1 Å². The van der Waals surface area contributed by atoms with E-state index in [0.29, 0.717) is 29.5 Å². The van der Waals surface area contributed by atoms with Gasteiger partial charge in [0.25, 0.3) is 5.56 Å². The van der Waals surface area contributed by atoms with E-state index < -0.39 is 11.2 Å². The van der Waals surface area contributed by atoms with Gasteiger partial charge < -0.3 is 4.57 Å². The van der Waals surface area contributed by atoms with Crippen molar-refractivity contribution in [3.05, 3.63) is 91.6 Å². The molecular formula is C21H19ClN6O2. The van der Waals surface area contributed by atoms with Crippen LogP contribution < -0.4 is 16.7 Å². The summed E-state index contributed by atoms with van der Waals surface area (Å²) in [5, 5.41) is 4.79. The predicted molar refractivity (Wildman–Crippen MR) is 118 cm³/mol. The third kappa shape index (κ3) is 3.90. The van der Waals surface area contributed by atoms with Crippen LogP contribution in [0.15, 0.2) is 69.3 Å². The zero-order valence-corrected chi connectivity index (χ0v) is 16.9. The van der Waals surface area contributed by atoms with Gasteiger partial charge in [0.2, 0.25) is 5.95 Å². The number of halogens is 1. The molecule has 8 nitrogen and oxygen atoms in total. The molecule has 4 aromatic rings. The molecule has 2 heterocycles. The van der Waals surface area contributed by atoms with Crippen LogP contribution >= 0.6 is 11.6 Å². The first-order valence-electron chi connectivity index (χ1n) is 9.31. The summed E-state index contributed by atoms with van der Waals surface area (Å²) in [5.74, 6) is 0.357. The molecule has 0 aliphatic heterocycles. The normalized spacial score (nSPS) is 11.4. The van der Waals surface area contributed by atoms with Crippen LogP contribution in [0, 0.1) is 0 Å². The van der Waals surface area contributed by atoms with E-state index in [9.17, 15) is 9.59 Å². The largest absolute Gasteiger partial charge is 0.329 e. The summed E-state index contributed by atoms with van der Waals surface area (Å²) in [4.78, 5) is 31.3. The highest BCUT2D eigenvalue weighted by Gasteiger charge is 2.17. The Morgan fingerprint density at radius 3 is 2.63 bits per heavy atom. The third-order valence-corrected chi connectivity index (χ3v) is 5.09. The van der Waals surface area contributed by atoms with Gasteiger partial charge in [-0.15, -0.1) is 0 Å². The van der Waals surface area contributed by atoms with Crippen molar-refractivity contribution >= 4 is 34.9 Å². The summed E-state index contributed by atoms with van der Waals surface area (Å²) in [6.45, 7) is 0.478.